The van der Waals surface area contributed by atoms with Crippen LogP contribution in [-0.2, 0) is 4.79 Å². The summed E-state index contributed by atoms with van der Waals surface area (Å²) in [6.07, 6.45) is 5.05. The second-order valence-electron chi connectivity index (χ2n) is 5.80. The van der Waals surface area contributed by atoms with Crippen molar-refractivity contribution in [3.8, 4) is 0 Å². The predicted molar refractivity (Wildman–Crippen MR) is 66.6 cm³/mol. The zero-order chi connectivity index (χ0) is 12.4. The number of rotatable bonds is 4. The molecule has 2 aliphatic heterocycles. The van der Waals surface area contributed by atoms with Crippen molar-refractivity contribution < 1.29 is 9.90 Å². The maximum Gasteiger partial charge on any atom is 0.222 e. The van der Waals surface area contributed by atoms with Crippen LogP contribution in [0.15, 0.2) is 0 Å². The van der Waals surface area contributed by atoms with E-state index in [1.54, 1.807) is 18.9 Å². The summed E-state index contributed by atoms with van der Waals surface area (Å²) in [5.74, 6) is 0.717. The van der Waals surface area contributed by atoms with Crippen molar-refractivity contribution in [2.75, 3.05) is 13.6 Å². The zero-order valence-electron chi connectivity index (χ0n) is 10.9. The number of aliphatic hydroxyl groups is 1. The van der Waals surface area contributed by atoms with Crippen LogP contribution in [0.3, 0.4) is 0 Å². The van der Waals surface area contributed by atoms with Crippen LogP contribution in [0.5, 0.6) is 0 Å². The quantitative estimate of drug-likeness (QED) is 0.762. The molecular weight excluding hydrogens is 216 g/mol. The standard InChI is InChI=1S/C13H24N2O2/c1-9(16)8-15(2)13(17)7-10-5-11-3-4-12(6-10)14-11/h9-12,14,16H,3-8H2,1-2H3. The average molecular weight is 240 g/mol. The Kier molecular flexibility index (Phi) is 4.05. The first-order chi connectivity index (χ1) is 8.04. The summed E-state index contributed by atoms with van der Waals surface area (Å²) >= 11 is 0. The second kappa shape index (κ2) is 5.36. The van der Waals surface area contributed by atoms with Crippen LogP contribution in [0.4, 0.5) is 0 Å². The molecule has 2 N–H and O–H groups in total. The molecule has 2 saturated heterocycles. The van der Waals surface area contributed by atoms with Crippen LogP contribution in [0.2, 0.25) is 0 Å². The Morgan fingerprint density at radius 2 is 2.00 bits per heavy atom. The van der Waals surface area contributed by atoms with Gasteiger partial charge in [-0.05, 0) is 38.5 Å². The highest BCUT2D eigenvalue weighted by Gasteiger charge is 2.34. The van der Waals surface area contributed by atoms with Gasteiger partial charge in [-0.1, -0.05) is 0 Å². The fraction of sp³-hybridized carbons (Fsp3) is 0.923. The zero-order valence-corrected chi connectivity index (χ0v) is 10.9. The maximum atomic E-state index is 12.0. The van der Waals surface area contributed by atoms with Crippen molar-refractivity contribution in [1.29, 1.82) is 0 Å². The van der Waals surface area contributed by atoms with E-state index in [2.05, 4.69) is 5.32 Å². The van der Waals surface area contributed by atoms with Gasteiger partial charge >= 0.3 is 0 Å². The van der Waals surface area contributed by atoms with Crippen molar-refractivity contribution in [2.45, 2.75) is 57.2 Å². The SMILES string of the molecule is CC(O)CN(C)C(=O)CC1CC2CCC(C1)N2. The Balaban J connectivity index is 1.78. The van der Waals surface area contributed by atoms with Gasteiger partial charge in [0.15, 0.2) is 0 Å². The van der Waals surface area contributed by atoms with E-state index in [9.17, 15) is 9.90 Å². The Hall–Kier alpha value is -0.610. The lowest BCUT2D eigenvalue weighted by atomic mass is 9.89. The summed E-state index contributed by atoms with van der Waals surface area (Å²) in [7, 11) is 1.78. The first-order valence-electron chi connectivity index (χ1n) is 6.72. The molecule has 2 aliphatic rings. The number of likely N-dealkylation sites (N-methyl/N-ethyl adjacent to an activating group) is 1. The fourth-order valence-corrected chi connectivity index (χ4v) is 3.24. The number of fused-ring (bicyclic) bond motifs is 2. The van der Waals surface area contributed by atoms with Gasteiger partial charge < -0.3 is 15.3 Å². The number of carbonyl (C=O) groups is 1. The van der Waals surface area contributed by atoms with Crippen LogP contribution in [0.25, 0.3) is 0 Å². The number of piperidine rings is 1. The minimum Gasteiger partial charge on any atom is -0.392 e. The van der Waals surface area contributed by atoms with Crippen molar-refractivity contribution in [2.24, 2.45) is 5.92 Å². The molecule has 2 bridgehead atoms. The molecule has 3 atom stereocenters. The molecule has 2 heterocycles. The molecule has 0 spiro atoms. The molecule has 3 unspecified atom stereocenters. The van der Waals surface area contributed by atoms with Crippen LogP contribution in [-0.4, -0.2) is 47.7 Å². The molecule has 4 nitrogen and oxygen atoms in total. The molecule has 1 amide bonds. The third-order valence-electron chi connectivity index (χ3n) is 4.00. The van der Waals surface area contributed by atoms with Crippen molar-refractivity contribution in [3.05, 3.63) is 0 Å². The van der Waals surface area contributed by atoms with Gasteiger partial charge in [-0.25, -0.2) is 0 Å². The third-order valence-corrected chi connectivity index (χ3v) is 4.00. The maximum absolute atomic E-state index is 12.0. The van der Waals surface area contributed by atoms with Gasteiger partial charge in [0.2, 0.25) is 5.91 Å². The summed E-state index contributed by atoms with van der Waals surface area (Å²) in [4.78, 5) is 13.6. The third kappa shape index (κ3) is 3.42. The largest absolute Gasteiger partial charge is 0.392 e. The van der Waals surface area contributed by atoms with Gasteiger partial charge in [0.05, 0.1) is 6.10 Å². The van der Waals surface area contributed by atoms with Crippen molar-refractivity contribution in [3.63, 3.8) is 0 Å². The van der Waals surface area contributed by atoms with Crippen LogP contribution >= 0.6 is 0 Å². The molecule has 17 heavy (non-hydrogen) atoms. The highest BCUT2D eigenvalue weighted by Crippen LogP contribution is 2.32. The first-order valence-corrected chi connectivity index (χ1v) is 6.72. The average Bonchev–Trinajstić information content (AvgIpc) is 2.57. The second-order valence-corrected chi connectivity index (χ2v) is 5.80. The lowest BCUT2D eigenvalue weighted by molar-refractivity contribution is -0.132. The molecule has 98 valence electrons. The van der Waals surface area contributed by atoms with E-state index in [0.717, 1.165) is 12.8 Å². The molecule has 0 aromatic rings. The van der Waals surface area contributed by atoms with Crippen LogP contribution in [0.1, 0.15) is 39.0 Å². The van der Waals surface area contributed by atoms with E-state index in [-0.39, 0.29) is 5.91 Å². The Morgan fingerprint density at radius 1 is 1.41 bits per heavy atom. The highest BCUT2D eigenvalue weighted by molar-refractivity contribution is 5.76. The monoisotopic (exact) mass is 240 g/mol. The van der Waals surface area contributed by atoms with Gasteiger partial charge in [-0.15, -0.1) is 0 Å². The Labute approximate surface area is 103 Å². The summed E-state index contributed by atoms with van der Waals surface area (Å²) in [5, 5.41) is 12.9. The number of aliphatic hydroxyl groups excluding tert-OH is 1. The summed E-state index contributed by atoms with van der Waals surface area (Å²) in [6.45, 7) is 2.16. The number of nitrogens with one attached hydrogen (secondary N) is 1. The van der Waals surface area contributed by atoms with E-state index in [4.69, 9.17) is 0 Å². The molecule has 0 radical (unpaired) electrons. The van der Waals surface area contributed by atoms with Crippen LogP contribution in [0, 0.1) is 5.92 Å². The van der Waals surface area contributed by atoms with E-state index < -0.39 is 6.10 Å². The molecular formula is C13H24N2O2. The van der Waals surface area contributed by atoms with E-state index in [1.807, 2.05) is 0 Å². The van der Waals surface area contributed by atoms with E-state index >= 15 is 0 Å². The number of hydrogen-bond donors (Lipinski definition) is 2. The van der Waals surface area contributed by atoms with Gasteiger partial charge in [-0.2, -0.15) is 0 Å². The minimum atomic E-state index is -0.437. The molecule has 0 saturated carbocycles. The van der Waals surface area contributed by atoms with E-state index in [0.29, 0.717) is 31.0 Å². The van der Waals surface area contributed by atoms with Gasteiger partial charge in [0, 0.05) is 32.1 Å². The number of nitrogens with zero attached hydrogens (tertiary/aromatic N) is 1. The molecule has 0 aromatic heterocycles. The van der Waals surface area contributed by atoms with Gasteiger partial charge in [0.25, 0.3) is 0 Å². The molecule has 0 aliphatic carbocycles. The fourth-order valence-electron chi connectivity index (χ4n) is 3.24. The van der Waals surface area contributed by atoms with Crippen molar-refractivity contribution >= 4 is 5.91 Å². The minimum absolute atomic E-state index is 0.178. The van der Waals surface area contributed by atoms with Gasteiger partial charge in [0.1, 0.15) is 0 Å². The number of carbonyl (C=O) groups excluding carboxylic acids is 1. The Bertz CT molecular complexity index is 269. The Morgan fingerprint density at radius 3 is 2.53 bits per heavy atom. The molecule has 0 aromatic carbocycles. The summed E-state index contributed by atoms with van der Waals surface area (Å²) in [5.41, 5.74) is 0. The molecule has 2 rings (SSSR count). The molecule has 4 heteroatoms. The first kappa shape index (κ1) is 12.8. The molecule has 2 fully saturated rings. The summed E-state index contributed by atoms with van der Waals surface area (Å²) < 4.78 is 0. The van der Waals surface area contributed by atoms with Crippen molar-refractivity contribution in [1.82, 2.24) is 10.2 Å². The smallest absolute Gasteiger partial charge is 0.222 e. The number of hydrogen-bond acceptors (Lipinski definition) is 3. The van der Waals surface area contributed by atoms with E-state index in [1.165, 1.54) is 12.8 Å². The highest BCUT2D eigenvalue weighted by atomic mass is 16.3. The lowest BCUT2D eigenvalue weighted by Crippen LogP contribution is -2.40. The normalized spacial score (nSPS) is 33.5. The van der Waals surface area contributed by atoms with Gasteiger partial charge in [-0.3, -0.25) is 4.79 Å². The van der Waals surface area contributed by atoms with Crippen LogP contribution < -0.4 is 5.32 Å². The summed E-state index contributed by atoms with van der Waals surface area (Å²) in [6, 6.07) is 1.29. The topological polar surface area (TPSA) is 52.6 Å². The predicted octanol–water partition coefficient (Wildman–Crippen LogP) is 0.746. The number of amides is 1. The lowest BCUT2D eigenvalue weighted by Gasteiger charge is -2.30.